The molecule has 0 saturated heterocycles. The summed E-state index contributed by atoms with van der Waals surface area (Å²) in [6, 6.07) is 0.00283. The van der Waals surface area contributed by atoms with Crippen LogP contribution < -0.4 is 16.4 Å². The number of nitrogens with two attached hydrogens (primary N) is 1. The number of anilines is 2. The molecule has 0 saturated carbocycles. The number of likely N-dealkylation sites (N-methyl/N-ethyl adjacent to an activating group) is 1. The van der Waals surface area contributed by atoms with Crippen molar-refractivity contribution < 1.29 is 9.59 Å². The fourth-order valence-corrected chi connectivity index (χ4v) is 2.00. The summed E-state index contributed by atoms with van der Waals surface area (Å²) in [4.78, 5) is 24.9. The fourth-order valence-electron chi connectivity index (χ4n) is 1.29. The standard InChI is InChI=1S/C11H19N5O2S/c1-6(2)14-10(18)8-9(12)15-19-11(8)13-5-7(17)16(3)4/h6,13H,5H2,1-4H3,(H2,12,15)(H,14,18). The Morgan fingerprint density at radius 2 is 2.05 bits per heavy atom. The first kappa shape index (κ1) is 15.2. The summed E-state index contributed by atoms with van der Waals surface area (Å²) in [6.07, 6.45) is 0. The second-order valence-corrected chi connectivity index (χ2v) is 5.32. The van der Waals surface area contributed by atoms with Crippen LogP contribution in [0.5, 0.6) is 0 Å². The Labute approximate surface area is 116 Å². The van der Waals surface area contributed by atoms with Gasteiger partial charge in [-0.05, 0) is 25.4 Å². The van der Waals surface area contributed by atoms with Crippen LogP contribution >= 0.6 is 11.5 Å². The average molecular weight is 285 g/mol. The lowest BCUT2D eigenvalue weighted by Gasteiger charge is -2.12. The van der Waals surface area contributed by atoms with Crippen LogP contribution in [0.3, 0.4) is 0 Å². The largest absolute Gasteiger partial charge is 0.382 e. The van der Waals surface area contributed by atoms with Gasteiger partial charge >= 0.3 is 0 Å². The SMILES string of the molecule is CC(C)NC(=O)c1c(N)nsc1NCC(=O)N(C)C. The van der Waals surface area contributed by atoms with Crippen LogP contribution in [0, 0.1) is 0 Å². The number of aromatic nitrogens is 1. The highest BCUT2D eigenvalue weighted by atomic mass is 32.1. The van der Waals surface area contributed by atoms with Crippen molar-refractivity contribution >= 4 is 34.2 Å². The lowest BCUT2D eigenvalue weighted by atomic mass is 10.2. The summed E-state index contributed by atoms with van der Waals surface area (Å²) in [6.45, 7) is 3.81. The van der Waals surface area contributed by atoms with E-state index in [-0.39, 0.29) is 30.2 Å². The minimum atomic E-state index is -0.291. The molecule has 4 N–H and O–H groups in total. The predicted molar refractivity (Wildman–Crippen MR) is 76.3 cm³/mol. The molecule has 8 heteroatoms. The Morgan fingerprint density at radius 1 is 1.42 bits per heavy atom. The summed E-state index contributed by atoms with van der Waals surface area (Å²) in [5.74, 6) is -0.216. The zero-order chi connectivity index (χ0) is 14.6. The first-order valence-corrected chi connectivity index (χ1v) is 6.60. The summed E-state index contributed by atoms with van der Waals surface area (Å²) in [7, 11) is 3.33. The van der Waals surface area contributed by atoms with Crippen LogP contribution in [-0.2, 0) is 4.79 Å². The highest BCUT2D eigenvalue weighted by Gasteiger charge is 2.20. The third-order valence-corrected chi connectivity index (χ3v) is 3.08. The molecule has 1 rings (SSSR count). The molecule has 0 bridgehead atoms. The molecule has 0 spiro atoms. The van der Waals surface area contributed by atoms with E-state index in [1.54, 1.807) is 14.1 Å². The number of nitrogens with zero attached hydrogens (tertiary/aromatic N) is 2. The van der Waals surface area contributed by atoms with Gasteiger partial charge in [0, 0.05) is 20.1 Å². The van der Waals surface area contributed by atoms with Crippen LogP contribution in [0.2, 0.25) is 0 Å². The number of nitrogens with one attached hydrogen (secondary N) is 2. The van der Waals surface area contributed by atoms with Crippen molar-refractivity contribution in [1.29, 1.82) is 0 Å². The zero-order valence-corrected chi connectivity index (χ0v) is 12.3. The van der Waals surface area contributed by atoms with Crippen molar-refractivity contribution in [3.05, 3.63) is 5.56 Å². The van der Waals surface area contributed by atoms with Crippen LogP contribution in [-0.4, -0.2) is 47.8 Å². The Morgan fingerprint density at radius 3 is 2.58 bits per heavy atom. The molecular weight excluding hydrogens is 266 g/mol. The number of carbonyl (C=O) groups is 2. The van der Waals surface area contributed by atoms with Gasteiger partial charge in [0.15, 0.2) is 5.82 Å². The molecule has 0 aliphatic carbocycles. The van der Waals surface area contributed by atoms with Crippen molar-refractivity contribution in [2.24, 2.45) is 0 Å². The Kier molecular flexibility index (Phi) is 5.11. The molecule has 0 fully saturated rings. The first-order chi connectivity index (χ1) is 8.82. The van der Waals surface area contributed by atoms with Gasteiger partial charge in [0.2, 0.25) is 5.91 Å². The molecule has 7 nitrogen and oxygen atoms in total. The maximum Gasteiger partial charge on any atom is 0.258 e. The minimum Gasteiger partial charge on any atom is -0.382 e. The number of carbonyl (C=O) groups excluding carboxylic acids is 2. The van der Waals surface area contributed by atoms with Crippen LogP contribution in [0.1, 0.15) is 24.2 Å². The molecule has 106 valence electrons. The molecule has 0 aromatic carbocycles. The molecule has 0 aliphatic heterocycles. The summed E-state index contributed by atoms with van der Waals surface area (Å²) < 4.78 is 3.94. The highest BCUT2D eigenvalue weighted by Crippen LogP contribution is 2.26. The topological polar surface area (TPSA) is 100 Å². The molecule has 1 heterocycles. The monoisotopic (exact) mass is 285 g/mol. The van der Waals surface area contributed by atoms with Gasteiger partial charge in [-0.3, -0.25) is 9.59 Å². The van der Waals surface area contributed by atoms with E-state index in [9.17, 15) is 9.59 Å². The second kappa shape index (κ2) is 6.37. The number of amides is 2. The molecular formula is C11H19N5O2S. The molecule has 1 aromatic rings. The third kappa shape index (κ3) is 4.09. The van der Waals surface area contributed by atoms with E-state index in [0.29, 0.717) is 10.6 Å². The molecule has 0 atom stereocenters. The fraction of sp³-hybridized carbons (Fsp3) is 0.545. The van der Waals surface area contributed by atoms with Crippen molar-refractivity contribution in [1.82, 2.24) is 14.6 Å². The van der Waals surface area contributed by atoms with E-state index in [1.807, 2.05) is 13.8 Å². The highest BCUT2D eigenvalue weighted by molar-refractivity contribution is 7.11. The normalized spacial score (nSPS) is 10.4. The lowest BCUT2D eigenvalue weighted by Crippen LogP contribution is -2.32. The Hall–Kier alpha value is -1.83. The molecule has 1 aromatic heterocycles. The number of rotatable bonds is 5. The van der Waals surface area contributed by atoms with Gasteiger partial charge < -0.3 is 21.3 Å². The van der Waals surface area contributed by atoms with Gasteiger partial charge in [0.25, 0.3) is 5.91 Å². The maximum absolute atomic E-state index is 12.0. The average Bonchev–Trinajstić information content (AvgIpc) is 2.66. The summed E-state index contributed by atoms with van der Waals surface area (Å²) >= 11 is 1.07. The second-order valence-electron chi connectivity index (χ2n) is 4.54. The smallest absolute Gasteiger partial charge is 0.258 e. The lowest BCUT2D eigenvalue weighted by molar-refractivity contribution is -0.126. The number of hydrogen-bond donors (Lipinski definition) is 3. The van der Waals surface area contributed by atoms with Crippen LogP contribution in [0.25, 0.3) is 0 Å². The van der Waals surface area contributed by atoms with Gasteiger partial charge in [0.05, 0.1) is 6.54 Å². The van der Waals surface area contributed by atoms with Crippen LogP contribution in [0.15, 0.2) is 0 Å². The van der Waals surface area contributed by atoms with E-state index in [1.165, 1.54) is 4.90 Å². The first-order valence-electron chi connectivity index (χ1n) is 5.83. The van der Waals surface area contributed by atoms with Gasteiger partial charge in [-0.25, -0.2) is 0 Å². The van der Waals surface area contributed by atoms with E-state index in [4.69, 9.17) is 5.73 Å². The van der Waals surface area contributed by atoms with E-state index >= 15 is 0 Å². The van der Waals surface area contributed by atoms with Gasteiger partial charge in [-0.15, -0.1) is 0 Å². The van der Waals surface area contributed by atoms with Crippen molar-refractivity contribution in [2.75, 3.05) is 31.7 Å². The minimum absolute atomic E-state index is 0.00283. The van der Waals surface area contributed by atoms with Gasteiger partial charge in [-0.2, -0.15) is 4.37 Å². The maximum atomic E-state index is 12.0. The number of nitrogen functional groups attached to an aromatic ring is 1. The summed E-state index contributed by atoms with van der Waals surface area (Å²) in [5, 5.41) is 6.15. The van der Waals surface area contributed by atoms with Crippen molar-refractivity contribution in [3.8, 4) is 0 Å². The van der Waals surface area contributed by atoms with Crippen LogP contribution in [0.4, 0.5) is 10.8 Å². The zero-order valence-electron chi connectivity index (χ0n) is 11.5. The Bertz CT molecular complexity index is 470. The predicted octanol–water partition coefficient (Wildman–Crippen LogP) is 0.364. The van der Waals surface area contributed by atoms with Crippen molar-refractivity contribution in [2.45, 2.75) is 19.9 Å². The Balaban J connectivity index is 2.80. The number of hydrogen-bond acceptors (Lipinski definition) is 6. The molecule has 0 unspecified atom stereocenters. The molecule has 19 heavy (non-hydrogen) atoms. The molecule has 0 radical (unpaired) electrons. The van der Waals surface area contributed by atoms with Gasteiger partial charge in [-0.1, -0.05) is 0 Å². The van der Waals surface area contributed by atoms with E-state index in [0.717, 1.165) is 11.5 Å². The van der Waals surface area contributed by atoms with Gasteiger partial charge in [0.1, 0.15) is 10.6 Å². The van der Waals surface area contributed by atoms with Crippen molar-refractivity contribution in [3.63, 3.8) is 0 Å². The molecule has 2 amide bonds. The quantitative estimate of drug-likeness (QED) is 0.725. The molecule has 0 aliphatic rings. The van der Waals surface area contributed by atoms with E-state index in [2.05, 4.69) is 15.0 Å². The summed E-state index contributed by atoms with van der Waals surface area (Å²) in [5.41, 5.74) is 5.98. The third-order valence-electron chi connectivity index (χ3n) is 2.26. The van der Waals surface area contributed by atoms with E-state index < -0.39 is 0 Å².